The molecule has 0 atom stereocenters. The Morgan fingerprint density at radius 1 is 0.875 bits per heavy atom. The molecule has 0 unspecified atom stereocenters. The molecule has 0 aliphatic heterocycles. The molecule has 0 saturated heterocycles. The van der Waals surface area contributed by atoms with Gasteiger partial charge in [0.1, 0.15) is 0 Å². The fraction of sp³-hybridized carbons (Fsp3) is 0.571. The monoisotopic (exact) mass is 224 g/mol. The van der Waals surface area contributed by atoms with E-state index in [9.17, 15) is 0 Å². The number of hydrogen-bond donors (Lipinski definition) is 0. The molecule has 0 amide bonds. The molecule has 0 saturated carbocycles. The maximum atomic E-state index is 2.16. The summed E-state index contributed by atoms with van der Waals surface area (Å²) in [5, 5.41) is 0. The van der Waals surface area contributed by atoms with Crippen LogP contribution in [0, 0.1) is 0 Å². The molecule has 0 radical (unpaired) electrons. The summed E-state index contributed by atoms with van der Waals surface area (Å²) in [5.74, 6) is 0. The lowest BCUT2D eigenvalue weighted by Gasteiger charge is -2.08. The lowest BCUT2D eigenvalue weighted by Crippen LogP contribution is -2.10. The highest BCUT2D eigenvalue weighted by Gasteiger charge is 1.90. The molecular weight excluding hydrogens is 196 g/mol. The Morgan fingerprint density at radius 2 is 1.31 bits per heavy atom. The second kappa shape index (κ2) is 10.7. The van der Waals surface area contributed by atoms with Crippen LogP contribution in [0.1, 0.15) is 19.9 Å². The van der Waals surface area contributed by atoms with Crippen LogP contribution in [0.3, 0.4) is 0 Å². The molecule has 0 fully saturated rings. The zero-order chi connectivity index (χ0) is 11.7. The van der Waals surface area contributed by atoms with Gasteiger partial charge in [-0.3, -0.25) is 0 Å². The molecule has 2 nitrogen and oxygen atoms in total. The van der Waals surface area contributed by atoms with Crippen molar-refractivity contribution in [3.8, 4) is 0 Å². The molecule has 0 heterocycles. The first-order valence-electron chi connectivity index (χ1n) is 5.39. The quantitative estimate of drug-likeness (QED) is 0.779. The maximum absolute atomic E-state index is 2.16. The van der Waals surface area contributed by atoms with Gasteiger partial charge in [0.2, 0.25) is 0 Å². The SMILES string of the molecule is C.CCN(C)C.CN(C)Cc1ccccc1. The molecule has 0 aliphatic rings. The van der Waals surface area contributed by atoms with Crippen LogP contribution in [-0.4, -0.2) is 44.5 Å². The van der Waals surface area contributed by atoms with E-state index in [4.69, 9.17) is 0 Å². The Hall–Kier alpha value is -0.860. The maximum Gasteiger partial charge on any atom is 0.0227 e. The summed E-state index contributed by atoms with van der Waals surface area (Å²) in [6.45, 7) is 4.29. The fourth-order valence-electron chi connectivity index (χ4n) is 0.949. The first-order chi connectivity index (χ1) is 7.06. The molecule has 0 bridgehead atoms. The molecule has 1 aromatic carbocycles. The van der Waals surface area contributed by atoms with Crippen molar-refractivity contribution in [2.45, 2.75) is 20.9 Å². The smallest absolute Gasteiger partial charge is 0.0227 e. The van der Waals surface area contributed by atoms with E-state index in [1.165, 1.54) is 5.56 Å². The highest BCUT2D eigenvalue weighted by Crippen LogP contribution is 1.99. The van der Waals surface area contributed by atoms with Crippen LogP contribution in [-0.2, 0) is 6.54 Å². The Kier molecular flexibility index (Phi) is 11.7. The topological polar surface area (TPSA) is 6.48 Å². The second-order valence-corrected chi connectivity index (χ2v) is 4.12. The normalized spacial score (nSPS) is 9.44. The highest BCUT2D eigenvalue weighted by molar-refractivity contribution is 5.14. The molecule has 1 rings (SSSR count). The van der Waals surface area contributed by atoms with E-state index in [2.05, 4.69) is 69.2 Å². The van der Waals surface area contributed by atoms with Crippen LogP contribution < -0.4 is 0 Å². The van der Waals surface area contributed by atoms with Crippen LogP contribution in [0.15, 0.2) is 30.3 Å². The number of benzene rings is 1. The summed E-state index contributed by atoms with van der Waals surface area (Å²) in [5.41, 5.74) is 1.37. The Labute approximate surface area is 102 Å². The first-order valence-corrected chi connectivity index (χ1v) is 5.39. The van der Waals surface area contributed by atoms with Gasteiger partial charge in [-0.1, -0.05) is 44.7 Å². The molecule has 94 valence electrons. The molecule has 16 heavy (non-hydrogen) atoms. The van der Waals surface area contributed by atoms with Crippen molar-refractivity contribution in [1.29, 1.82) is 0 Å². The summed E-state index contributed by atoms with van der Waals surface area (Å²) in [6.07, 6.45) is 0. The summed E-state index contributed by atoms with van der Waals surface area (Å²) in [6, 6.07) is 10.5. The van der Waals surface area contributed by atoms with Crippen LogP contribution in [0.5, 0.6) is 0 Å². The van der Waals surface area contributed by atoms with Gasteiger partial charge in [0.15, 0.2) is 0 Å². The van der Waals surface area contributed by atoms with Gasteiger partial charge in [0, 0.05) is 6.54 Å². The van der Waals surface area contributed by atoms with E-state index < -0.39 is 0 Å². The van der Waals surface area contributed by atoms with E-state index in [1.807, 2.05) is 6.07 Å². The predicted molar refractivity (Wildman–Crippen MR) is 74.8 cm³/mol. The van der Waals surface area contributed by atoms with E-state index >= 15 is 0 Å². The largest absolute Gasteiger partial charge is 0.310 e. The van der Waals surface area contributed by atoms with Crippen LogP contribution in [0.2, 0.25) is 0 Å². The average molecular weight is 224 g/mol. The van der Waals surface area contributed by atoms with Crippen molar-refractivity contribution < 1.29 is 0 Å². The molecule has 0 spiro atoms. The zero-order valence-electron chi connectivity index (χ0n) is 10.7. The van der Waals surface area contributed by atoms with Crippen LogP contribution in [0.4, 0.5) is 0 Å². The second-order valence-electron chi connectivity index (χ2n) is 4.12. The molecule has 0 aromatic heterocycles. The summed E-state index contributed by atoms with van der Waals surface area (Å²) < 4.78 is 0. The van der Waals surface area contributed by atoms with Crippen molar-refractivity contribution >= 4 is 0 Å². The third kappa shape index (κ3) is 11.2. The van der Waals surface area contributed by atoms with Gasteiger partial charge in [-0.25, -0.2) is 0 Å². The lowest BCUT2D eigenvalue weighted by atomic mass is 10.2. The summed E-state index contributed by atoms with van der Waals surface area (Å²) in [7, 11) is 8.26. The van der Waals surface area contributed by atoms with Crippen molar-refractivity contribution in [1.82, 2.24) is 9.80 Å². The van der Waals surface area contributed by atoms with Crippen LogP contribution in [0.25, 0.3) is 0 Å². The van der Waals surface area contributed by atoms with Crippen molar-refractivity contribution in [2.75, 3.05) is 34.7 Å². The number of hydrogen-bond acceptors (Lipinski definition) is 2. The fourth-order valence-corrected chi connectivity index (χ4v) is 0.949. The summed E-state index contributed by atoms with van der Waals surface area (Å²) in [4.78, 5) is 4.29. The molecule has 0 N–H and O–H groups in total. The zero-order valence-corrected chi connectivity index (χ0v) is 10.7. The number of rotatable bonds is 3. The Balaban J connectivity index is 0. The minimum absolute atomic E-state index is 0. The molecule has 2 heteroatoms. The summed E-state index contributed by atoms with van der Waals surface area (Å²) >= 11 is 0. The standard InChI is InChI=1S/C9H13N.C4H11N.CH4/c1-10(2)8-9-6-4-3-5-7-9;1-4-5(2)3;/h3-7H,8H2,1-2H3;4H2,1-3H3;1H4. The predicted octanol–water partition coefficient (Wildman–Crippen LogP) is 2.95. The van der Waals surface area contributed by atoms with Gasteiger partial charge in [-0.15, -0.1) is 0 Å². The average Bonchev–Trinajstić information content (AvgIpc) is 2.19. The van der Waals surface area contributed by atoms with Gasteiger partial charge in [0.05, 0.1) is 0 Å². The van der Waals surface area contributed by atoms with E-state index in [0.29, 0.717) is 0 Å². The van der Waals surface area contributed by atoms with Crippen LogP contribution >= 0.6 is 0 Å². The van der Waals surface area contributed by atoms with E-state index in [0.717, 1.165) is 13.1 Å². The minimum Gasteiger partial charge on any atom is -0.310 e. The number of nitrogens with zero attached hydrogens (tertiary/aromatic N) is 2. The van der Waals surface area contributed by atoms with Gasteiger partial charge in [0.25, 0.3) is 0 Å². The third-order valence-corrected chi connectivity index (χ3v) is 1.97. The molecule has 0 aliphatic carbocycles. The molecular formula is C14H28N2. The highest BCUT2D eigenvalue weighted by atomic mass is 15.0. The van der Waals surface area contributed by atoms with Gasteiger partial charge in [-0.05, 0) is 40.3 Å². The van der Waals surface area contributed by atoms with Crippen molar-refractivity contribution in [3.63, 3.8) is 0 Å². The van der Waals surface area contributed by atoms with Gasteiger partial charge >= 0.3 is 0 Å². The Bertz CT molecular complexity index is 230. The first kappa shape index (κ1) is 17.5. The van der Waals surface area contributed by atoms with Gasteiger partial charge in [-0.2, -0.15) is 0 Å². The Morgan fingerprint density at radius 3 is 1.62 bits per heavy atom. The molecule has 1 aromatic rings. The van der Waals surface area contributed by atoms with Gasteiger partial charge < -0.3 is 9.80 Å². The van der Waals surface area contributed by atoms with E-state index in [1.54, 1.807) is 0 Å². The van der Waals surface area contributed by atoms with Crippen molar-refractivity contribution in [3.05, 3.63) is 35.9 Å². The van der Waals surface area contributed by atoms with E-state index in [-0.39, 0.29) is 7.43 Å². The van der Waals surface area contributed by atoms with Crippen molar-refractivity contribution in [2.24, 2.45) is 0 Å². The lowest BCUT2D eigenvalue weighted by molar-refractivity contribution is 0.402. The third-order valence-electron chi connectivity index (χ3n) is 1.97. The minimum atomic E-state index is 0.